The fourth-order valence-corrected chi connectivity index (χ4v) is 6.02. The molecule has 48 heavy (non-hydrogen) atoms. The maximum Gasteiger partial charge on any atom is 0.416 e. The van der Waals surface area contributed by atoms with Gasteiger partial charge in [-0.05, 0) is 59.9 Å². The topological polar surface area (TPSA) is 126 Å². The van der Waals surface area contributed by atoms with Crippen molar-refractivity contribution < 1.29 is 14.7 Å². The van der Waals surface area contributed by atoms with Crippen molar-refractivity contribution in [3.63, 3.8) is 0 Å². The average molecular weight is 636 g/mol. The van der Waals surface area contributed by atoms with E-state index in [2.05, 4.69) is 47.3 Å². The number of carbonyl (C=O) groups is 2. The number of carbonyl (C=O) groups excluding carboxylic acids is 1. The third kappa shape index (κ3) is 6.15. The summed E-state index contributed by atoms with van der Waals surface area (Å²) in [7, 11) is 0. The van der Waals surface area contributed by atoms with Gasteiger partial charge in [0.1, 0.15) is 6.33 Å². The van der Waals surface area contributed by atoms with Gasteiger partial charge in [0.2, 0.25) is 0 Å². The Morgan fingerprint density at radius 2 is 1.73 bits per heavy atom. The van der Waals surface area contributed by atoms with Gasteiger partial charge in [-0.2, -0.15) is 0 Å². The second kappa shape index (κ2) is 12.9. The van der Waals surface area contributed by atoms with Crippen LogP contribution in [0.15, 0.2) is 104 Å². The second-order valence-corrected chi connectivity index (χ2v) is 11.8. The number of imidazole rings is 1. The lowest BCUT2D eigenvalue weighted by Gasteiger charge is -2.30. The predicted octanol–water partition coefficient (Wildman–Crippen LogP) is 7.72. The van der Waals surface area contributed by atoms with Crippen molar-refractivity contribution in [3.05, 3.63) is 126 Å². The van der Waals surface area contributed by atoms with E-state index in [1.807, 2.05) is 65.6 Å². The van der Waals surface area contributed by atoms with Gasteiger partial charge in [-0.25, -0.2) is 29.1 Å². The number of nitrogens with one attached hydrogen (secondary N) is 1. The molecule has 1 aliphatic rings. The molecule has 0 bridgehead atoms. The number of fused-ring (bicyclic) bond motifs is 1. The number of hydrogen-bond donors (Lipinski definition) is 2. The molecule has 6 aromatic rings. The van der Waals surface area contributed by atoms with Crippen LogP contribution in [-0.2, 0) is 19.4 Å². The SMILES string of the molecule is CCc1cc(NC(=O)N2CCc3nc(-c4cccnc4)nc(-c4ccccc4C)c3C2)cc(-c2ccc(-c3cn(C(=O)O)cn3)cc2)c1. The molecule has 3 aromatic heterocycles. The molecule has 4 heterocycles. The minimum Gasteiger partial charge on any atom is -0.464 e. The molecule has 0 atom stereocenters. The van der Waals surface area contributed by atoms with Crippen LogP contribution in [0.5, 0.6) is 0 Å². The molecule has 7 rings (SSSR count). The van der Waals surface area contributed by atoms with Gasteiger partial charge in [0, 0.05) is 59.5 Å². The quantitative estimate of drug-likeness (QED) is 0.192. The predicted molar refractivity (Wildman–Crippen MR) is 184 cm³/mol. The van der Waals surface area contributed by atoms with Crippen LogP contribution in [0.1, 0.15) is 29.3 Å². The van der Waals surface area contributed by atoms with E-state index >= 15 is 0 Å². The van der Waals surface area contributed by atoms with E-state index in [0.29, 0.717) is 36.7 Å². The molecule has 0 saturated heterocycles. The summed E-state index contributed by atoms with van der Waals surface area (Å²) in [6.45, 7) is 5.06. The number of nitrogens with zero attached hydrogens (tertiary/aromatic N) is 6. The summed E-state index contributed by atoms with van der Waals surface area (Å²) in [5.74, 6) is 0.630. The Hall–Kier alpha value is -6.16. The van der Waals surface area contributed by atoms with Crippen LogP contribution in [0.25, 0.3) is 45.0 Å². The Labute approximate surface area is 277 Å². The number of anilines is 1. The Bertz CT molecular complexity index is 2140. The number of benzene rings is 3. The maximum atomic E-state index is 13.8. The van der Waals surface area contributed by atoms with E-state index in [1.165, 1.54) is 12.5 Å². The molecule has 2 amide bonds. The monoisotopic (exact) mass is 635 g/mol. The summed E-state index contributed by atoms with van der Waals surface area (Å²) in [5.41, 5.74) is 10.8. The van der Waals surface area contributed by atoms with Crippen LogP contribution >= 0.6 is 0 Å². The molecule has 0 fully saturated rings. The highest BCUT2D eigenvalue weighted by Crippen LogP contribution is 2.33. The van der Waals surface area contributed by atoms with Crippen molar-refractivity contribution in [1.29, 1.82) is 0 Å². The number of aromatic nitrogens is 5. The standard InChI is InChI=1S/C38H33N7O3/c1-3-25-17-29(26-10-12-27(13-11-26)34-22-45(23-40-34)38(47)48)19-30(18-25)41-37(46)44-16-14-33-32(21-44)35(31-9-5-4-7-24(31)2)43-36(42-33)28-8-6-15-39-20-28/h4-13,15,17-20,22-23H,3,14,16,21H2,1-2H3,(H,41,46)(H,47,48). The van der Waals surface area contributed by atoms with Crippen LogP contribution in [0.4, 0.5) is 15.3 Å². The Balaban J connectivity index is 1.15. The third-order valence-corrected chi connectivity index (χ3v) is 8.64. The molecular formula is C38H33N7O3. The van der Waals surface area contributed by atoms with Crippen molar-refractivity contribution in [2.24, 2.45) is 0 Å². The van der Waals surface area contributed by atoms with Crippen molar-refractivity contribution in [1.82, 2.24) is 29.4 Å². The molecular weight excluding hydrogens is 602 g/mol. The van der Waals surface area contributed by atoms with Gasteiger partial charge < -0.3 is 15.3 Å². The zero-order valence-electron chi connectivity index (χ0n) is 26.6. The average Bonchev–Trinajstić information content (AvgIpc) is 3.63. The van der Waals surface area contributed by atoms with Gasteiger partial charge >= 0.3 is 12.1 Å². The minimum atomic E-state index is -1.08. The number of carboxylic acid groups (broad SMARTS) is 1. The summed E-state index contributed by atoms with van der Waals surface area (Å²) in [6, 6.07) is 25.7. The number of aryl methyl sites for hydroxylation is 2. The van der Waals surface area contributed by atoms with Crippen LogP contribution in [0.3, 0.4) is 0 Å². The lowest BCUT2D eigenvalue weighted by Crippen LogP contribution is -2.39. The normalized spacial score (nSPS) is 12.4. The number of pyridine rings is 1. The first-order valence-electron chi connectivity index (χ1n) is 15.8. The highest BCUT2D eigenvalue weighted by Gasteiger charge is 2.27. The number of urea groups is 1. The molecule has 0 unspecified atom stereocenters. The molecule has 10 nitrogen and oxygen atoms in total. The molecule has 2 N–H and O–H groups in total. The first kappa shape index (κ1) is 30.5. The van der Waals surface area contributed by atoms with Gasteiger partial charge in [0.15, 0.2) is 5.82 Å². The zero-order valence-corrected chi connectivity index (χ0v) is 26.6. The lowest BCUT2D eigenvalue weighted by molar-refractivity contribution is 0.196. The fourth-order valence-electron chi connectivity index (χ4n) is 6.02. The van der Waals surface area contributed by atoms with Crippen molar-refractivity contribution in [2.75, 3.05) is 11.9 Å². The summed E-state index contributed by atoms with van der Waals surface area (Å²) in [4.78, 5) is 45.3. The summed E-state index contributed by atoms with van der Waals surface area (Å²) in [6.07, 6.45) is 6.59. The van der Waals surface area contributed by atoms with Crippen LogP contribution in [0.2, 0.25) is 0 Å². The van der Waals surface area contributed by atoms with E-state index in [9.17, 15) is 14.7 Å². The number of rotatable bonds is 6. The smallest absolute Gasteiger partial charge is 0.416 e. The largest absolute Gasteiger partial charge is 0.464 e. The molecule has 0 saturated carbocycles. The fraction of sp³-hybridized carbons (Fsp3) is 0.158. The molecule has 1 aliphatic heterocycles. The van der Waals surface area contributed by atoms with Gasteiger partial charge in [0.25, 0.3) is 0 Å². The molecule has 0 radical (unpaired) electrons. The molecule has 238 valence electrons. The van der Waals surface area contributed by atoms with Crippen LogP contribution < -0.4 is 5.32 Å². The zero-order chi connectivity index (χ0) is 33.2. The van der Waals surface area contributed by atoms with Gasteiger partial charge in [0.05, 0.1) is 23.6 Å². The Morgan fingerprint density at radius 3 is 2.46 bits per heavy atom. The number of amides is 2. The van der Waals surface area contributed by atoms with Crippen LogP contribution in [0, 0.1) is 6.92 Å². The Morgan fingerprint density at radius 1 is 0.917 bits per heavy atom. The highest BCUT2D eigenvalue weighted by atomic mass is 16.4. The van der Waals surface area contributed by atoms with Crippen LogP contribution in [-0.4, -0.2) is 53.2 Å². The van der Waals surface area contributed by atoms with Crippen molar-refractivity contribution in [2.45, 2.75) is 33.2 Å². The van der Waals surface area contributed by atoms with E-state index < -0.39 is 6.09 Å². The van der Waals surface area contributed by atoms with Gasteiger partial charge in [-0.15, -0.1) is 0 Å². The first-order valence-corrected chi connectivity index (χ1v) is 15.8. The minimum absolute atomic E-state index is 0.184. The first-order chi connectivity index (χ1) is 23.4. The van der Waals surface area contributed by atoms with E-state index in [0.717, 1.165) is 66.9 Å². The summed E-state index contributed by atoms with van der Waals surface area (Å²) in [5, 5.41) is 12.4. The van der Waals surface area contributed by atoms with Crippen molar-refractivity contribution in [3.8, 4) is 45.0 Å². The van der Waals surface area contributed by atoms with E-state index in [1.54, 1.807) is 12.4 Å². The molecule has 3 aromatic carbocycles. The third-order valence-electron chi connectivity index (χ3n) is 8.64. The summed E-state index contributed by atoms with van der Waals surface area (Å²) >= 11 is 0. The Kier molecular flexibility index (Phi) is 8.21. The highest BCUT2D eigenvalue weighted by molar-refractivity contribution is 5.91. The molecule has 10 heteroatoms. The van der Waals surface area contributed by atoms with Gasteiger partial charge in [-0.1, -0.05) is 61.5 Å². The van der Waals surface area contributed by atoms with E-state index in [-0.39, 0.29) is 6.03 Å². The van der Waals surface area contributed by atoms with Gasteiger partial charge in [-0.3, -0.25) is 4.98 Å². The lowest BCUT2D eigenvalue weighted by atomic mass is 9.96. The number of hydrogen-bond acceptors (Lipinski definition) is 6. The second-order valence-electron chi connectivity index (χ2n) is 11.8. The summed E-state index contributed by atoms with van der Waals surface area (Å²) < 4.78 is 1.03. The molecule has 0 aliphatic carbocycles. The maximum absolute atomic E-state index is 13.8. The van der Waals surface area contributed by atoms with Crippen molar-refractivity contribution >= 4 is 17.8 Å². The molecule has 0 spiro atoms. The van der Waals surface area contributed by atoms with E-state index in [4.69, 9.17) is 9.97 Å².